The van der Waals surface area contributed by atoms with Gasteiger partial charge in [0.05, 0.1) is 12.5 Å². The fraction of sp³-hybridized carbons (Fsp3) is 0.533. The zero-order chi connectivity index (χ0) is 13.0. The molecule has 1 aromatic carbocycles. The van der Waals surface area contributed by atoms with E-state index in [9.17, 15) is 5.11 Å². The number of rotatable bonds is 3. The van der Waals surface area contributed by atoms with Crippen LogP contribution in [0.3, 0.4) is 0 Å². The zero-order valence-electron chi connectivity index (χ0n) is 10.9. The third-order valence-corrected chi connectivity index (χ3v) is 3.73. The van der Waals surface area contributed by atoms with E-state index in [0.29, 0.717) is 6.42 Å². The van der Waals surface area contributed by atoms with E-state index in [2.05, 4.69) is 17.9 Å². The highest BCUT2D eigenvalue weighted by atomic mass is 16.3. The van der Waals surface area contributed by atoms with Crippen LogP contribution in [0.4, 0.5) is 0 Å². The van der Waals surface area contributed by atoms with Gasteiger partial charge in [0.1, 0.15) is 5.75 Å². The number of nitrogens with zero attached hydrogens (tertiary/aromatic N) is 2. The Morgan fingerprint density at radius 2 is 2.06 bits per heavy atom. The lowest BCUT2D eigenvalue weighted by Gasteiger charge is -2.30. The van der Waals surface area contributed by atoms with Crippen molar-refractivity contribution in [1.29, 1.82) is 5.26 Å². The normalized spacial score (nSPS) is 17.6. The first-order valence-electron chi connectivity index (χ1n) is 6.59. The molecule has 0 spiro atoms. The highest BCUT2D eigenvalue weighted by Crippen LogP contribution is 2.22. The van der Waals surface area contributed by atoms with Crippen LogP contribution in [0.2, 0.25) is 0 Å². The number of hydrogen-bond donors (Lipinski definition) is 1. The van der Waals surface area contributed by atoms with Crippen LogP contribution in [0.1, 0.15) is 30.9 Å². The number of piperidine rings is 1. The number of nitriles is 1. The van der Waals surface area contributed by atoms with Crippen molar-refractivity contribution in [3.05, 3.63) is 29.3 Å². The number of phenolic OH excluding ortho intramolecular Hbond substituents is 1. The number of phenols is 1. The predicted octanol–water partition coefficient (Wildman–Crippen LogP) is 2.69. The molecule has 1 aromatic rings. The van der Waals surface area contributed by atoms with Crippen molar-refractivity contribution >= 4 is 0 Å². The van der Waals surface area contributed by atoms with Crippen LogP contribution < -0.4 is 0 Å². The largest absolute Gasteiger partial charge is 0.508 e. The third kappa shape index (κ3) is 3.24. The number of likely N-dealkylation sites (tertiary alicyclic amines) is 1. The summed E-state index contributed by atoms with van der Waals surface area (Å²) in [6.45, 7) is 5.46. The summed E-state index contributed by atoms with van der Waals surface area (Å²) in [5, 5.41) is 18.3. The Morgan fingerprint density at radius 3 is 2.72 bits per heavy atom. The Kier molecular flexibility index (Phi) is 4.22. The van der Waals surface area contributed by atoms with Crippen molar-refractivity contribution in [3.8, 4) is 11.8 Å². The van der Waals surface area contributed by atoms with Gasteiger partial charge in [0, 0.05) is 6.54 Å². The monoisotopic (exact) mass is 244 g/mol. The molecular weight excluding hydrogens is 224 g/mol. The van der Waals surface area contributed by atoms with Crippen LogP contribution >= 0.6 is 0 Å². The van der Waals surface area contributed by atoms with Crippen LogP contribution in [0.25, 0.3) is 0 Å². The van der Waals surface area contributed by atoms with E-state index in [0.717, 1.165) is 31.1 Å². The van der Waals surface area contributed by atoms with Gasteiger partial charge in [-0.05, 0) is 55.1 Å². The molecule has 0 unspecified atom stereocenters. The fourth-order valence-electron chi connectivity index (χ4n) is 2.48. The van der Waals surface area contributed by atoms with E-state index >= 15 is 0 Å². The molecule has 0 aliphatic carbocycles. The van der Waals surface area contributed by atoms with Gasteiger partial charge in [-0.15, -0.1) is 0 Å². The van der Waals surface area contributed by atoms with Crippen molar-refractivity contribution in [1.82, 2.24) is 4.90 Å². The van der Waals surface area contributed by atoms with E-state index in [1.54, 1.807) is 12.1 Å². The molecular formula is C15H20N2O. The molecule has 2 rings (SSSR count). The molecule has 1 heterocycles. The second kappa shape index (κ2) is 5.88. The van der Waals surface area contributed by atoms with Gasteiger partial charge >= 0.3 is 0 Å². The Bertz CT molecular complexity index is 442. The van der Waals surface area contributed by atoms with Crippen molar-refractivity contribution in [2.24, 2.45) is 5.92 Å². The molecule has 1 aliphatic rings. The van der Waals surface area contributed by atoms with Crippen molar-refractivity contribution in [2.45, 2.75) is 32.7 Å². The van der Waals surface area contributed by atoms with Crippen LogP contribution in [0.5, 0.6) is 5.75 Å². The third-order valence-electron chi connectivity index (χ3n) is 3.73. The average Bonchev–Trinajstić information content (AvgIpc) is 2.36. The molecule has 1 aliphatic heterocycles. The summed E-state index contributed by atoms with van der Waals surface area (Å²) in [6, 6.07) is 7.54. The molecule has 0 saturated carbocycles. The summed E-state index contributed by atoms with van der Waals surface area (Å²) < 4.78 is 0. The summed E-state index contributed by atoms with van der Waals surface area (Å²) >= 11 is 0. The molecule has 1 fully saturated rings. The highest BCUT2D eigenvalue weighted by Gasteiger charge is 2.16. The Hall–Kier alpha value is -1.53. The van der Waals surface area contributed by atoms with E-state index in [1.807, 2.05) is 6.07 Å². The van der Waals surface area contributed by atoms with Crippen molar-refractivity contribution in [3.63, 3.8) is 0 Å². The number of hydrogen-bond acceptors (Lipinski definition) is 3. The Morgan fingerprint density at radius 1 is 1.33 bits per heavy atom. The summed E-state index contributed by atoms with van der Waals surface area (Å²) in [5.74, 6) is 1.08. The number of aromatic hydroxyl groups is 1. The lowest BCUT2D eigenvalue weighted by atomic mass is 9.97. The van der Waals surface area contributed by atoms with Gasteiger partial charge in [0.2, 0.25) is 0 Å². The van der Waals surface area contributed by atoms with Crippen molar-refractivity contribution in [2.75, 3.05) is 13.1 Å². The zero-order valence-corrected chi connectivity index (χ0v) is 10.9. The quantitative estimate of drug-likeness (QED) is 0.889. The van der Waals surface area contributed by atoms with Crippen LogP contribution in [-0.4, -0.2) is 23.1 Å². The maximum Gasteiger partial charge on any atom is 0.115 e. The number of benzene rings is 1. The highest BCUT2D eigenvalue weighted by molar-refractivity contribution is 5.36. The summed E-state index contributed by atoms with van der Waals surface area (Å²) in [5.41, 5.74) is 2.13. The van der Waals surface area contributed by atoms with Crippen LogP contribution in [0, 0.1) is 17.2 Å². The summed E-state index contributed by atoms with van der Waals surface area (Å²) in [4.78, 5) is 2.44. The standard InChI is InChI=1S/C15H20N2O/c1-12-5-8-17(9-6-12)11-14-2-3-15(18)10-13(14)4-7-16/h2-3,10,12,18H,4-6,8-9,11H2,1H3. The van der Waals surface area contributed by atoms with Crippen molar-refractivity contribution < 1.29 is 5.11 Å². The minimum absolute atomic E-state index is 0.247. The Balaban J connectivity index is 2.06. The van der Waals surface area contributed by atoms with E-state index in [1.165, 1.54) is 18.4 Å². The van der Waals surface area contributed by atoms with E-state index < -0.39 is 0 Å². The lowest BCUT2D eigenvalue weighted by molar-refractivity contribution is 0.185. The van der Waals surface area contributed by atoms with E-state index in [4.69, 9.17) is 5.26 Å². The molecule has 18 heavy (non-hydrogen) atoms. The van der Waals surface area contributed by atoms with Gasteiger partial charge in [-0.1, -0.05) is 13.0 Å². The molecule has 0 atom stereocenters. The van der Waals surface area contributed by atoms with Gasteiger partial charge in [-0.3, -0.25) is 4.90 Å². The maximum atomic E-state index is 9.48. The first kappa shape index (κ1) is 12.9. The van der Waals surface area contributed by atoms with Crippen LogP contribution in [0.15, 0.2) is 18.2 Å². The lowest BCUT2D eigenvalue weighted by Crippen LogP contribution is -2.32. The molecule has 0 amide bonds. The molecule has 96 valence electrons. The van der Waals surface area contributed by atoms with Gasteiger partial charge in [0.25, 0.3) is 0 Å². The Labute approximate surface area is 109 Å². The predicted molar refractivity (Wildman–Crippen MR) is 71.1 cm³/mol. The summed E-state index contributed by atoms with van der Waals surface area (Å²) in [7, 11) is 0. The topological polar surface area (TPSA) is 47.3 Å². The first-order chi connectivity index (χ1) is 8.69. The second-order valence-electron chi connectivity index (χ2n) is 5.25. The SMILES string of the molecule is CC1CCN(Cc2ccc(O)cc2CC#N)CC1. The first-order valence-corrected chi connectivity index (χ1v) is 6.59. The fourth-order valence-corrected chi connectivity index (χ4v) is 2.48. The van der Waals surface area contributed by atoms with Gasteiger partial charge in [0.15, 0.2) is 0 Å². The maximum absolute atomic E-state index is 9.48. The van der Waals surface area contributed by atoms with Gasteiger partial charge in [-0.2, -0.15) is 5.26 Å². The molecule has 0 radical (unpaired) electrons. The minimum atomic E-state index is 0.247. The smallest absolute Gasteiger partial charge is 0.115 e. The second-order valence-corrected chi connectivity index (χ2v) is 5.25. The molecule has 0 aromatic heterocycles. The minimum Gasteiger partial charge on any atom is -0.508 e. The summed E-state index contributed by atoms with van der Waals surface area (Å²) in [6.07, 6.45) is 2.88. The van der Waals surface area contributed by atoms with Gasteiger partial charge < -0.3 is 5.11 Å². The van der Waals surface area contributed by atoms with Gasteiger partial charge in [-0.25, -0.2) is 0 Å². The molecule has 3 heteroatoms. The molecule has 0 bridgehead atoms. The molecule has 3 nitrogen and oxygen atoms in total. The average molecular weight is 244 g/mol. The molecule has 1 N–H and O–H groups in total. The molecule has 1 saturated heterocycles. The van der Waals surface area contributed by atoms with E-state index in [-0.39, 0.29) is 5.75 Å². The van der Waals surface area contributed by atoms with Crippen LogP contribution in [-0.2, 0) is 13.0 Å².